The topological polar surface area (TPSA) is 74.4 Å². The lowest BCUT2D eigenvalue weighted by Crippen LogP contribution is -2.45. The van der Waals surface area contributed by atoms with Crippen molar-refractivity contribution in [3.63, 3.8) is 0 Å². The third kappa shape index (κ3) is 6.01. The van der Waals surface area contributed by atoms with E-state index in [0.29, 0.717) is 24.4 Å². The molecule has 1 aliphatic heterocycles. The standard InChI is InChI=1S/C31H30FN3O3/c32-25-15-13-24(14-16-25)29(30(36)33-20-26-12-7-19-38-26)35(21-22-8-3-1-4-9-22)31(37)28-18-17-27(34-28)23-10-5-2-6-11-23/h1-6,8-11,13-18,26,29,34H,7,12,19-21H2,(H,33,36)/t26-,29-/m0/s1. The molecule has 6 nitrogen and oxygen atoms in total. The molecule has 4 aromatic rings. The monoisotopic (exact) mass is 511 g/mol. The van der Waals surface area contributed by atoms with E-state index in [2.05, 4.69) is 10.3 Å². The van der Waals surface area contributed by atoms with E-state index in [4.69, 9.17) is 4.74 Å². The van der Waals surface area contributed by atoms with Gasteiger partial charge in [-0.05, 0) is 53.8 Å². The van der Waals surface area contributed by atoms with Crippen molar-refractivity contribution in [1.82, 2.24) is 15.2 Å². The van der Waals surface area contributed by atoms with Crippen LogP contribution in [0.25, 0.3) is 11.3 Å². The number of H-pyrrole nitrogens is 1. The van der Waals surface area contributed by atoms with Gasteiger partial charge in [-0.15, -0.1) is 0 Å². The van der Waals surface area contributed by atoms with E-state index in [1.165, 1.54) is 17.0 Å². The first-order valence-corrected chi connectivity index (χ1v) is 12.8. The Morgan fingerprint density at radius 3 is 2.34 bits per heavy atom. The quantitative estimate of drug-likeness (QED) is 0.312. The second-order valence-corrected chi connectivity index (χ2v) is 9.40. The highest BCUT2D eigenvalue weighted by Gasteiger charge is 2.33. The summed E-state index contributed by atoms with van der Waals surface area (Å²) in [7, 11) is 0. The van der Waals surface area contributed by atoms with Gasteiger partial charge < -0.3 is 19.9 Å². The lowest BCUT2D eigenvalue weighted by Gasteiger charge is -2.31. The van der Waals surface area contributed by atoms with Crippen molar-refractivity contribution in [2.24, 2.45) is 0 Å². The molecule has 1 saturated heterocycles. The number of hydrogen-bond donors (Lipinski definition) is 2. The molecule has 194 valence electrons. The van der Waals surface area contributed by atoms with Gasteiger partial charge in [0.15, 0.2) is 0 Å². The Balaban J connectivity index is 1.50. The zero-order chi connectivity index (χ0) is 26.3. The summed E-state index contributed by atoms with van der Waals surface area (Å²) < 4.78 is 19.5. The first-order chi connectivity index (χ1) is 18.6. The normalized spacial score (nSPS) is 15.7. The molecule has 0 spiro atoms. The second-order valence-electron chi connectivity index (χ2n) is 9.40. The van der Waals surface area contributed by atoms with E-state index in [1.807, 2.05) is 66.7 Å². The van der Waals surface area contributed by atoms with Gasteiger partial charge in [-0.1, -0.05) is 72.8 Å². The molecule has 5 rings (SSSR count). The minimum atomic E-state index is -0.979. The molecule has 3 aromatic carbocycles. The molecule has 2 N–H and O–H groups in total. The van der Waals surface area contributed by atoms with Crippen LogP contribution in [-0.2, 0) is 16.1 Å². The van der Waals surface area contributed by atoms with E-state index in [1.54, 1.807) is 18.2 Å². The summed E-state index contributed by atoms with van der Waals surface area (Å²) in [5.74, 6) is -1.09. The molecular weight excluding hydrogens is 481 g/mol. The molecule has 1 aliphatic rings. The van der Waals surface area contributed by atoms with Gasteiger partial charge in [0, 0.05) is 25.4 Å². The first-order valence-electron chi connectivity index (χ1n) is 12.8. The van der Waals surface area contributed by atoms with Crippen LogP contribution in [0.5, 0.6) is 0 Å². The Kier molecular flexibility index (Phi) is 7.95. The number of hydrogen-bond acceptors (Lipinski definition) is 3. The SMILES string of the molecule is O=C(NC[C@@H]1CCCO1)[C@H](c1ccc(F)cc1)N(Cc1ccccc1)C(=O)c1ccc(-c2ccccc2)[nH]1. The van der Waals surface area contributed by atoms with Gasteiger partial charge in [-0.25, -0.2) is 4.39 Å². The van der Waals surface area contributed by atoms with Gasteiger partial charge in [-0.2, -0.15) is 0 Å². The number of nitrogens with one attached hydrogen (secondary N) is 2. The number of rotatable bonds is 9. The third-order valence-electron chi connectivity index (χ3n) is 6.73. The van der Waals surface area contributed by atoms with Gasteiger partial charge >= 0.3 is 0 Å². The Hall–Kier alpha value is -4.23. The van der Waals surface area contributed by atoms with Crippen LogP contribution >= 0.6 is 0 Å². The maximum atomic E-state index is 14.1. The molecule has 1 aromatic heterocycles. The Morgan fingerprint density at radius 2 is 1.66 bits per heavy atom. The van der Waals surface area contributed by atoms with Gasteiger partial charge in [0.2, 0.25) is 5.91 Å². The molecule has 0 unspecified atom stereocenters. The van der Waals surface area contributed by atoms with Crippen LogP contribution < -0.4 is 5.32 Å². The first kappa shape index (κ1) is 25.4. The molecule has 0 aliphatic carbocycles. The average Bonchev–Trinajstić information content (AvgIpc) is 3.66. The molecule has 2 amide bonds. The minimum absolute atomic E-state index is 0.0528. The van der Waals surface area contributed by atoms with E-state index in [0.717, 1.165) is 29.7 Å². The predicted molar refractivity (Wildman–Crippen MR) is 144 cm³/mol. The van der Waals surface area contributed by atoms with Gasteiger partial charge in [-0.3, -0.25) is 9.59 Å². The van der Waals surface area contributed by atoms with Crippen LogP contribution in [0.4, 0.5) is 4.39 Å². The summed E-state index contributed by atoms with van der Waals surface area (Å²) in [5, 5.41) is 2.98. The van der Waals surface area contributed by atoms with Crippen LogP contribution in [0.15, 0.2) is 97.1 Å². The highest BCUT2D eigenvalue weighted by atomic mass is 19.1. The lowest BCUT2D eigenvalue weighted by molar-refractivity contribution is -0.126. The number of aromatic nitrogens is 1. The fraction of sp³-hybridized carbons (Fsp3) is 0.226. The Morgan fingerprint density at radius 1 is 0.947 bits per heavy atom. The fourth-order valence-electron chi connectivity index (χ4n) is 4.76. The van der Waals surface area contributed by atoms with Crippen LogP contribution in [0.1, 0.15) is 40.5 Å². The Labute approximate surface area is 221 Å². The van der Waals surface area contributed by atoms with Crippen LogP contribution in [0.3, 0.4) is 0 Å². The zero-order valence-electron chi connectivity index (χ0n) is 21.0. The third-order valence-corrected chi connectivity index (χ3v) is 6.73. The summed E-state index contributed by atoms with van der Waals surface area (Å²) in [6, 6.07) is 27.6. The van der Waals surface area contributed by atoms with Gasteiger partial charge in [0.05, 0.1) is 6.10 Å². The van der Waals surface area contributed by atoms with Crippen molar-refractivity contribution < 1.29 is 18.7 Å². The highest BCUT2D eigenvalue weighted by Crippen LogP contribution is 2.27. The van der Waals surface area contributed by atoms with E-state index in [9.17, 15) is 14.0 Å². The van der Waals surface area contributed by atoms with Crippen molar-refractivity contribution in [2.75, 3.05) is 13.2 Å². The second kappa shape index (κ2) is 11.9. The molecule has 0 saturated carbocycles. The number of amides is 2. The molecule has 0 radical (unpaired) electrons. The van der Waals surface area contributed by atoms with Crippen LogP contribution in [0, 0.1) is 5.82 Å². The highest BCUT2D eigenvalue weighted by molar-refractivity contribution is 5.97. The van der Waals surface area contributed by atoms with Crippen LogP contribution in [0.2, 0.25) is 0 Å². The van der Waals surface area contributed by atoms with E-state index in [-0.39, 0.29) is 24.5 Å². The zero-order valence-corrected chi connectivity index (χ0v) is 21.0. The number of nitrogens with zero attached hydrogens (tertiary/aromatic N) is 1. The van der Waals surface area contributed by atoms with Crippen molar-refractivity contribution in [1.29, 1.82) is 0 Å². The molecule has 0 bridgehead atoms. The predicted octanol–water partition coefficient (Wildman–Crippen LogP) is 5.50. The number of ether oxygens (including phenoxy) is 1. The van der Waals surface area contributed by atoms with Crippen LogP contribution in [-0.4, -0.2) is 41.0 Å². The number of benzene rings is 3. The fourth-order valence-corrected chi connectivity index (χ4v) is 4.76. The van der Waals surface area contributed by atoms with Crippen molar-refractivity contribution >= 4 is 11.8 Å². The van der Waals surface area contributed by atoms with Gasteiger partial charge in [0.1, 0.15) is 17.6 Å². The number of aromatic amines is 1. The lowest BCUT2D eigenvalue weighted by atomic mass is 10.0. The summed E-state index contributed by atoms with van der Waals surface area (Å²) in [6.07, 6.45) is 1.78. The molecule has 7 heteroatoms. The van der Waals surface area contributed by atoms with Crippen molar-refractivity contribution in [2.45, 2.75) is 31.5 Å². The smallest absolute Gasteiger partial charge is 0.271 e. The average molecular weight is 512 g/mol. The summed E-state index contributed by atoms with van der Waals surface area (Å²) >= 11 is 0. The Bertz CT molecular complexity index is 1350. The van der Waals surface area contributed by atoms with Gasteiger partial charge in [0.25, 0.3) is 5.91 Å². The van der Waals surface area contributed by atoms with E-state index < -0.39 is 11.9 Å². The summed E-state index contributed by atoms with van der Waals surface area (Å²) in [4.78, 5) is 32.5. The largest absolute Gasteiger partial charge is 0.376 e. The molecular formula is C31H30FN3O3. The van der Waals surface area contributed by atoms with Crippen molar-refractivity contribution in [3.05, 3.63) is 120 Å². The number of halogens is 1. The maximum absolute atomic E-state index is 14.1. The molecule has 2 atom stereocenters. The van der Waals surface area contributed by atoms with Crippen molar-refractivity contribution in [3.8, 4) is 11.3 Å². The molecule has 1 fully saturated rings. The summed E-state index contributed by atoms with van der Waals surface area (Å²) in [6.45, 7) is 1.22. The minimum Gasteiger partial charge on any atom is -0.376 e. The number of carbonyl (C=O) groups excluding carboxylic acids is 2. The maximum Gasteiger partial charge on any atom is 0.271 e. The molecule has 2 heterocycles. The number of carbonyl (C=O) groups is 2. The van der Waals surface area contributed by atoms with E-state index >= 15 is 0 Å². The molecule has 38 heavy (non-hydrogen) atoms. The summed E-state index contributed by atoms with van der Waals surface area (Å²) in [5.41, 5.74) is 3.50.